The van der Waals surface area contributed by atoms with E-state index >= 15 is 0 Å². The van der Waals surface area contributed by atoms with Gasteiger partial charge in [0.15, 0.2) is 11.5 Å². The van der Waals surface area contributed by atoms with Gasteiger partial charge >= 0.3 is 0 Å². The molecule has 0 fully saturated rings. The van der Waals surface area contributed by atoms with Crippen molar-refractivity contribution in [1.82, 2.24) is 5.32 Å². The molecule has 2 atom stereocenters. The first kappa shape index (κ1) is 13.2. The van der Waals surface area contributed by atoms with Gasteiger partial charge in [0.05, 0.1) is 6.10 Å². The van der Waals surface area contributed by atoms with Gasteiger partial charge in [-0.15, -0.1) is 0 Å². The average Bonchev–Trinajstić information content (AvgIpc) is 2.23. The summed E-state index contributed by atoms with van der Waals surface area (Å²) in [6.07, 6.45) is -0.168. The Labute approximate surface area is 97.9 Å². The Hall–Kier alpha value is -0.830. The van der Waals surface area contributed by atoms with Crippen LogP contribution in [0, 0.1) is 0 Å². The minimum absolute atomic E-state index is 0.122. The molecule has 3 N–H and O–H groups in total. The van der Waals surface area contributed by atoms with Gasteiger partial charge in [0.25, 0.3) is 0 Å². The first-order valence-corrected chi connectivity index (χ1v) is 5.62. The van der Waals surface area contributed by atoms with E-state index < -0.39 is 0 Å². The number of nitrogens with one attached hydrogen (secondary N) is 1. The van der Waals surface area contributed by atoms with E-state index in [9.17, 15) is 10.2 Å². The fourth-order valence-corrected chi connectivity index (χ4v) is 1.58. The van der Waals surface area contributed by atoms with Crippen molar-refractivity contribution in [3.63, 3.8) is 0 Å². The van der Waals surface area contributed by atoms with Gasteiger partial charge < -0.3 is 20.1 Å². The lowest BCUT2D eigenvalue weighted by Gasteiger charge is -2.18. The summed E-state index contributed by atoms with van der Waals surface area (Å²) in [5.74, 6) is -0.253. The number of phenolic OH excluding ortho intramolecular Hbond substituents is 2. The number of aromatic hydroxyl groups is 2. The van der Waals surface area contributed by atoms with E-state index in [1.165, 1.54) is 12.1 Å². The minimum Gasteiger partial charge on any atom is -0.504 e. The van der Waals surface area contributed by atoms with Crippen molar-refractivity contribution in [1.29, 1.82) is 0 Å². The quantitative estimate of drug-likeness (QED) is 0.546. The van der Waals surface area contributed by atoms with E-state index in [0.717, 1.165) is 5.56 Å². The van der Waals surface area contributed by atoms with Crippen molar-refractivity contribution in [2.24, 2.45) is 0 Å². The number of phenols is 2. The highest BCUT2D eigenvalue weighted by atomic mass is 31.0. The van der Waals surface area contributed by atoms with Gasteiger partial charge in [-0.1, -0.05) is 19.9 Å². The standard InChI is InChI=1S/C11H18NO3P/c1-7(2)12-6-11(15-16)8-3-4-9(13)10(14)5-8/h3-5,7,11-14H,6,16H2,1-2H3. The lowest BCUT2D eigenvalue weighted by molar-refractivity contribution is 0.234. The summed E-state index contributed by atoms with van der Waals surface area (Å²) >= 11 is 0. The van der Waals surface area contributed by atoms with Crippen LogP contribution < -0.4 is 5.32 Å². The molecule has 0 heterocycles. The molecular weight excluding hydrogens is 225 g/mol. The number of hydrogen-bond acceptors (Lipinski definition) is 4. The van der Waals surface area contributed by atoms with Gasteiger partial charge in [-0.2, -0.15) is 0 Å². The summed E-state index contributed by atoms with van der Waals surface area (Å²) in [6, 6.07) is 5.06. The van der Waals surface area contributed by atoms with E-state index in [-0.39, 0.29) is 17.6 Å². The van der Waals surface area contributed by atoms with Gasteiger partial charge in [-0.05, 0) is 17.7 Å². The molecule has 0 bridgehead atoms. The Kier molecular flexibility index (Phi) is 5.00. The van der Waals surface area contributed by atoms with E-state index in [2.05, 4.69) is 14.8 Å². The van der Waals surface area contributed by atoms with E-state index in [1.807, 2.05) is 13.8 Å². The van der Waals surface area contributed by atoms with Gasteiger partial charge in [0, 0.05) is 22.1 Å². The average molecular weight is 243 g/mol. The summed E-state index contributed by atoms with van der Waals surface area (Å²) in [6.45, 7) is 4.74. The van der Waals surface area contributed by atoms with Crippen LogP contribution in [0.3, 0.4) is 0 Å². The Bertz CT molecular complexity index is 344. The van der Waals surface area contributed by atoms with Crippen LogP contribution in [-0.2, 0) is 4.52 Å². The van der Waals surface area contributed by atoms with E-state index in [1.54, 1.807) is 6.07 Å². The second-order valence-corrected chi connectivity index (χ2v) is 4.21. The molecule has 0 aliphatic heterocycles. The summed E-state index contributed by atoms with van der Waals surface area (Å²) in [5.41, 5.74) is 0.818. The fourth-order valence-electron chi connectivity index (χ4n) is 1.33. The van der Waals surface area contributed by atoms with Crippen LogP contribution in [0.2, 0.25) is 0 Å². The molecule has 0 aromatic heterocycles. The highest BCUT2D eigenvalue weighted by Gasteiger charge is 2.12. The topological polar surface area (TPSA) is 61.7 Å². The molecule has 0 aliphatic rings. The number of benzene rings is 1. The molecule has 2 unspecified atom stereocenters. The van der Waals surface area contributed by atoms with Crippen molar-refractivity contribution in [2.75, 3.05) is 6.54 Å². The third-order valence-corrected chi connectivity index (χ3v) is 2.58. The third-order valence-electron chi connectivity index (χ3n) is 2.25. The van der Waals surface area contributed by atoms with Crippen LogP contribution in [0.15, 0.2) is 18.2 Å². The Morgan fingerprint density at radius 2 is 2.00 bits per heavy atom. The van der Waals surface area contributed by atoms with Crippen molar-refractivity contribution < 1.29 is 14.7 Å². The molecule has 4 nitrogen and oxygen atoms in total. The van der Waals surface area contributed by atoms with Crippen LogP contribution in [0.5, 0.6) is 11.5 Å². The molecule has 16 heavy (non-hydrogen) atoms. The second kappa shape index (κ2) is 6.04. The largest absolute Gasteiger partial charge is 0.504 e. The van der Waals surface area contributed by atoms with Crippen LogP contribution in [0.4, 0.5) is 0 Å². The van der Waals surface area contributed by atoms with Crippen molar-refractivity contribution in [2.45, 2.75) is 26.0 Å². The highest BCUT2D eigenvalue weighted by Crippen LogP contribution is 2.29. The zero-order valence-electron chi connectivity index (χ0n) is 9.47. The molecule has 0 spiro atoms. The molecule has 0 amide bonds. The summed E-state index contributed by atoms with van der Waals surface area (Å²) in [5, 5.41) is 21.8. The molecule has 0 aliphatic carbocycles. The minimum atomic E-state index is -0.168. The lowest BCUT2D eigenvalue weighted by Crippen LogP contribution is -2.28. The summed E-state index contributed by atoms with van der Waals surface area (Å²) in [7, 11) is 2.22. The molecule has 5 heteroatoms. The Balaban J connectivity index is 2.74. The zero-order valence-corrected chi connectivity index (χ0v) is 10.6. The molecule has 1 aromatic carbocycles. The first-order valence-electron chi connectivity index (χ1n) is 5.15. The molecule has 0 saturated heterocycles. The van der Waals surface area contributed by atoms with Crippen molar-refractivity contribution in [3.8, 4) is 11.5 Å². The van der Waals surface area contributed by atoms with Crippen molar-refractivity contribution >= 4 is 9.47 Å². The monoisotopic (exact) mass is 243 g/mol. The maximum atomic E-state index is 9.39. The maximum absolute atomic E-state index is 9.39. The molecule has 0 radical (unpaired) electrons. The highest BCUT2D eigenvalue weighted by molar-refractivity contribution is 7.09. The molecule has 0 saturated carbocycles. The van der Waals surface area contributed by atoms with Gasteiger partial charge in [-0.3, -0.25) is 0 Å². The maximum Gasteiger partial charge on any atom is 0.157 e. The Morgan fingerprint density at radius 3 is 2.50 bits per heavy atom. The number of hydrogen-bond donors (Lipinski definition) is 3. The molecular formula is C11H18NO3P. The van der Waals surface area contributed by atoms with E-state index in [4.69, 9.17) is 4.52 Å². The van der Waals surface area contributed by atoms with Gasteiger partial charge in [-0.25, -0.2) is 0 Å². The molecule has 1 rings (SSSR count). The Morgan fingerprint density at radius 1 is 1.31 bits per heavy atom. The second-order valence-electron chi connectivity index (χ2n) is 3.94. The van der Waals surface area contributed by atoms with Crippen LogP contribution >= 0.6 is 9.47 Å². The normalized spacial score (nSPS) is 13.0. The lowest BCUT2D eigenvalue weighted by atomic mass is 10.1. The van der Waals surface area contributed by atoms with Crippen LogP contribution in [0.25, 0.3) is 0 Å². The molecule has 90 valence electrons. The zero-order chi connectivity index (χ0) is 12.1. The van der Waals surface area contributed by atoms with Crippen LogP contribution in [-0.4, -0.2) is 22.8 Å². The fraction of sp³-hybridized carbons (Fsp3) is 0.455. The predicted molar refractivity (Wildman–Crippen MR) is 66.4 cm³/mol. The van der Waals surface area contributed by atoms with Crippen molar-refractivity contribution in [3.05, 3.63) is 23.8 Å². The third kappa shape index (κ3) is 3.63. The van der Waals surface area contributed by atoms with Crippen LogP contribution in [0.1, 0.15) is 25.5 Å². The predicted octanol–water partition coefficient (Wildman–Crippen LogP) is 1.94. The number of rotatable bonds is 5. The summed E-state index contributed by atoms with van der Waals surface area (Å²) < 4.78 is 5.24. The van der Waals surface area contributed by atoms with Gasteiger partial charge in [0.2, 0.25) is 0 Å². The van der Waals surface area contributed by atoms with E-state index in [0.29, 0.717) is 12.6 Å². The SMILES string of the molecule is CC(C)NCC(OP)c1ccc(O)c(O)c1. The molecule has 1 aromatic rings. The van der Waals surface area contributed by atoms with Gasteiger partial charge in [0.1, 0.15) is 0 Å². The first-order chi connectivity index (χ1) is 7.54. The smallest absolute Gasteiger partial charge is 0.157 e. The summed E-state index contributed by atoms with van der Waals surface area (Å²) in [4.78, 5) is 0.